The van der Waals surface area contributed by atoms with E-state index in [2.05, 4.69) is 0 Å². The van der Waals surface area contributed by atoms with E-state index < -0.39 is 98.4 Å². The van der Waals surface area contributed by atoms with E-state index >= 15 is 0 Å². The first kappa shape index (κ1) is 28.0. The van der Waals surface area contributed by atoms with E-state index in [4.69, 9.17) is 46.6 Å². The molecule has 3 fully saturated rings. The molecule has 0 bridgehead atoms. The van der Waals surface area contributed by atoms with Gasteiger partial charge in [-0.3, -0.25) is 0 Å². The van der Waals surface area contributed by atoms with Gasteiger partial charge in [0.05, 0.1) is 12.6 Å². The van der Waals surface area contributed by atoms with Gasteiger partial charge in [0.25, 0.3) is 0 Å². The average molecular weight is 499 g/mol. The fourth-order valence-corrected chi connectivity index (χ4v) is 4.69. The molecule has 2 aliphatic heterocycles. The number of nitrogens with two attached hydrogens (primary N) is 4. The minimum atomic E-state index is -1.65. The Balaban J connectivity index is 1.72. The number of aliphatic hydroxyl groups is 6. The highest BCUT2D eigenvalue weighted by Gasteiger charge is 2.51. The Morgan fingerprint density at radius 3 is 1.76 bits per heavy atom. The van der Waals surface area contributed by atoms with Gasteiger partial charge in [-0.05, 0) is 6.42 Å². The van der Waals surface area contributed by atoms with Gasteiger partial charge < -0.3 is 77.3 Å². The predicted molar refractivity (Wildman–Crippen MR) is 113 cm³/mol. The van der Waals surface area contributed by atoms with Crippen molar-refractivity contribution in [1.82, 2.24) is 0 Å². The Hall–Kier alpha value is -0.600. The topological polar surface area (TPSA) is 272 Å². The van der Waals surface area contributed by atoms with Crippen molar-refractivity contribution in [3.63, 3.8) is 0 Å². The fourth-order valence-electron chi connectivity index (χ4n) is 4.69. The number of rotatable bonds is 7. The summed E-state index contributed by atoms with van der Waals surface area (Å²) in [5, 5.41) is 61.5. The van der Waals surface area contributed by atoms with Crippen LogP contribution in [0.15, 0.2) is 0 Å². The Kier molecular flexibility index (Phi) is 9.57. The first-order valence-electron chi connectivity index (χ1n) is 11.2. The van der Waals surface area contributed by atoms with Crippen molar-refractivity contribution in [1.29, 1.82) is 0 Å². The third-order valence-electron chi connectivity index (χ3n) is 6.72. The van der Waals surface area contributed by atoms with E-state index in [0.717, 1.165) is 0 Å². The van der Waals surface area contributed by atoms with Gasteiger partial charge in [-0.15, -0.1) is 0 Å². The van der Waals surface area contributed by atoms with Crippen molar-refractivity contribution in [2.75, 3.05) is 20.3 Å². The van der Waals surface area contributed by atoms with Crippen LogP contribution in [0.3, 0.4) is 0 Å². The molecule has 15 nitrogen and oxygen atoms in total. The summed E-state index contributed by atoms with van der Waals surface area (Å²) in [4.78, 5) is 0. The lowest BCUT2D eigenvalue weighted by Crippen LogP contribution is -2.68. The van der Waals surface area contributed by atoms with Crippen LogP contribution in [0.2, 0.25) is 0 Å². The zero-order chi connectivity index (χ0) is 25.3. The van der Waals surface area contributed by atoms with Crippen LogP contribution in [0.5, 0.6) is 0 Å². The van der Waals surface area contributed by atoms with Crippen LogP contribution >= 0.6 is 0 Å². The molecule has 0 amide bonds. The second-order valence-electron chi connectivity index (χ2n) is 9.00. The largest absolute Gasteiger partial charge is 0.394 e. The van der Waals surface area contributed by atoms with Gasteiger partial charge in [0.15, 0.2) is 12.6 Å². The minimum absolute atomic E-state index is 0.111. The van der Waals surface area contributed by atoms with Crippen LogP contribution < -0.4 is 22.9 Å². The van der Waals surface area contributed by atoms with Crippen molar-refractivity contribution in [3.05, 3.63) is 0 Å². The maximum Gasteiger partial charge on any atom is 0.187 e. The number of hydrogen-bond donors (Lipinski definition) is 10. The van der Waals surface area contributed by atoms with Crippen molar-refractivity contribution < 1.29 is 54.3 Å². The molecule has 1 aliphatic carbocycles. The zero-order valence-corrected chi connectivity index (χ0v) is 18.8. The molecule has 1 saturated carbocycles. The van der Waals surface area contributed by atoms with Gasteiger partial charge in [-0.2, -0.15) is 0 Å². The number of hydrogen-bond acceptors (Lipinski definition) is 15. The van der Waals surface area contributed by atoms with Crippen molar-refractivity contribution in [2.24, 2.45) is 22.9 Å². The summed E-state index contributed by atoms with van der Waals surface area (Å²) in [6.45, 7) is -0.617. The lowest BCUT2D eigenvalue weighted by atomic mass is 9.84. The highest BCUT2D eigenvalue weighted by atomic mass is 16.7. The van der Waals surface area contributed by atoms with Gasteiger partial charge in [-0.1, -0.05) is 0 Å². The first-order valence-corrected chi connectivity index (χ1v) is 11.2. The highest BCUT2D eigenvalue weighted by molar-refractivity contribution is 5.01. The van der Waals surface area contributed by atoms with Crippen LogP contribution in [0.4, 0.5) is 0 Å². The number of methoxy groups -OCH3 is 1. The molecule has 6 unspecified atom stereocenters. The molecule has 2 heterocycles. The summed E-state index contributed by atoms with van der Waals surface area (Å²) >= 11 is 0. The normalized spacial score (nSPS) is 52.5. The molecule has 0 aromatic rings. The zero-order valence-electron chi connectivity index (χ0n) is 18.8. The van der Waals surface area contributed by atoms with Crippen molar-refractivity contribution in [3.8, 4) is 0 Å². The van der Waals surface area contributed by atoms with Crippen LogP contribution in [0, 0.1) is 0 Å². The van der Waals surface area contributed by atoms with Crippen LogP contribution in [0.1, 0.15) is 6.42 Å². The summed E-state index contributed by atoms with van der Waals surface area (Å²) in [5.74, 6) is 0. The van der Waals surface area contributed by atoms with Crippen molar-refractivity contribution in [2.45, 2.75) is 98.2 Å². The second-order valence-corrected chi connectivity index (χ2v) is 9.00. The smallest absolute Gasteiger partial charge is 0.187 e. The van der Waals surface area contributed by atoms with Gasteiger partial charge in [0.1, 0.15) is 61.0 Å². The lowest BCUT2D eigenvalue weighted by molar-refractivity contribution is -0.332. The Morgan fingerprint density at radius 1 is 0.735 bits per heavy atom. The summed E-state index contributed by atoms with van der Waals surface area (Å²) < 4.78 is 27.8. The monoisotopic (exact) mass is 498 g/mol. The molecule has 14 N–H and O–H groups in total. The van der Waals surface area contributed by atoms with Crippen LogP contribution in [0.25, 0.3) is 0 Å². The van der Waals surface area contributed by atoms with Gasteiger partial charge in [0.2, 0.25) is 0 Å². The molecule has 0 aromatic heterocycles. The standard InChI is InChI=1S/C19H38N4O11/c1-30-17-8(4-24)32-18(11(26)9(17)23)33-15-5(21)2-6(22)16(14(15)29)34-19-13(28)12(27)10(25)7(3-20)31-19/h5-19,24-29H,2-4,20-23H2,1H3/t5-,6?,7?,8?,9-,10+,11?,12+,13?,14-,15?,16+,17+,18+,19+/m1/s1. The molecule has 3 rings (SSSR count). The molecule has 200 valence electrons. The van der Waals surface area contributed by atoms with Crippen LogP contribution in [-0.4, -0.2) is 143 Å². The van der Waals surface area contributed by atoms with E-state index in [1.165, 1.54) is 7.11 Å². The number of ether oxygens (including phenoxy) is 5. The summed E-state index contributed by atoms with van der Waals surface area (Å²) in [7, 11) is 1.36. The van der Waals surface area contributed by atoms with Crippen LogP contribution in [-0.2, 0) is 23.7 Å². The lowest BCUT2D eigenvalue weighted by Gasteiger charge is -2.48. The molecule has 3 aliphatic rings. The van der Waals surface area contributed by atoms with Crippen molar-refractivity contribution >= 4 is 0 Å². The molecular weight excluding hydrogens is 460 g/mol. The van der Waals surface area contributed by atoms with Gasteiger partial charge >= 0.3 is 0 Å². The Bertz CT molecular complexity index is 649. The summed E-state index contributed by atoms with van der Waals surface area (Å²) in [5.41, 5.74) is 23.8. The molecular formula is C19H38N4O11. The van der Waals surface area contributed by atoms with E-state index in [9.17, 15) is 30.6 Å². The predicted octanol–water partition coefficient (Wildman–Crippen LogP) is -6.64. The third kappa shape index (κ3) is 5.39. The maximum absolute atomic E-state index is 11.0. The summed E-state index contributed by atoms with van der Waals surface area (Å²) in [6.07, 6.45) is -15.3. The highest BCUT2D eigenvalue weighted by Crippen LogP contribution is 2.31. The molecule has 15 atom stereocenters. The van der Waals surface area contributed by atoms with E-state index in [0.29, 0.717) is 0 Å². The van der Waals surface area contributed by atoms with E-state index in [1.54, 1.807) is 0 Å². The van der Waals surface area contributed by atoms with E-state index in [-0.39, 0.29) is 13.0 Å². The molecule has 2 saturated heterocycles. The average Bonchev–Trinajstić information content (AvgIpc) is 2.81. The fraction of sp³-hybridized carbons (Fsp3) is 1.00. The first-order chi connectivity index (χ1) is 16.0. The van der Waals surface area contributed by atoms with Gasteiger partial charge in [-0.25, -0.2) is 0 Å². The summed E-state index contributed by atoms with van der Waals surface area (Å²) in [6, 6.07) is -2.58. The Labute approximate surface area is 196 Å². The molecule has 0 radical (unpaired) electrons. The molecule has 34 heavy (non-hydrogen) atoms. The Morgan fingerprint density at radius 2 is 1.26 bits per heavy atom. The second kappa shape index (κ2) is 11.6. The van der Waals surface area contributed by atoms with Gasteiger partial charge in [0, 0.05) is 25.7 Å². The minimum Gasteiger partial charge on any atom is -0.394 e. The SMILES string of the molecule is CO[C@H]1C(CO)O[C@@H](OC2[C@H](N)CC(N)[C@H](O[C@@H]3OC(CN)[C@H](O)[C@H](O)C3O)[C@@H]2O)C(O)[C@H]1N. The quantitative estimate of drug-likeness (QED) is 0.156. The van der Waals surface area contributed by atoms with E-state index in [1.807, 2.05) is 0 Å². The number of aliphatic hydroxyl groups excluding tert-OH is 6. The molecule has 0 aromatic carbocycles. The molecule has 15 heteroatoms. The third-order valence-corrected chi connectivity index (χ3v) is 6.72. The molecule has 0 spiro atoms. The maximum atomic E-state index is 11.0.